The fourth-order valence-corrected chi connectivity index (χ4v) is 1.03. The molecule has 0 fully saturated rings. The Hall–Kier alpha value is -1.05. The zero-order chi connectivity index (χ0) is 9.68. The Morgan fingerprint density at radius 2 is 2.54 bits per heavy atom. The van der Waals surface area contributed by atoms with Gasteiger partial charge in [-0.15, -0.1) is 0 Å². The molecule has 1 rings (SSSR count). The number of rotatable bonds is 2. The molecule has 5 nitrogen and oxygen atoms in total. The maximum Gasteiger partial charge on any atom is 0.427 e. The van der Waals surface area contributed by atoms with Crippen LogP contribution in [0, 0.1) is 3.77 Å². The van der Waals surface area contributed by atoms with Gasteiger partial charge in [-0.25, -0.2) is 10.2 Å². The van der Waals surface area contributed by atoms with Crippen LogP contribution in [0.4, 0.5) is 4.79 Å². The van der Waals surface area contributed by atoms with Gasteiger partial charge in [-0.2, -0.15) is 5.10 Å². The third-order valence-corrected chi connectivity index (χ3v) is 1.71. The molecular weight excluding hydrogens is 287 g/mol. The number of hydrogen-bond donors (Lipinski definition) is 1. The zero-order valence-corrected chi connectivity index (χ0v) is 8.94. The highest BCUT2D eigenvalue weighted by molar-refractivity contribution is 14.1. The fourth-order valence-electron chi connectivity index (χ4n) is 0.592. The van der Waals surface area contributed by atoms with Crippen LogP contribution in [0.5, 0.6) is 0 Å². The van der Waals surface area contributed by atoms with Crippen LogP contribution in [0.15, 0.2) is 21.7 Å². The summed E-state index contributed by atoms with van der Waals surface area (Å²) in [5, 5.41) is 3.58. The number of carbonyl (C=O) groups excluding carboxylic acids is 1. The zero-order valence-electron chi connectivity index (χ0n) is 6.78. The van der Waals surface area contributed by atoms with E-state index in [4.69, 9.17) is 4.42 Å². The molecule has 0 atom stereocenters. The SMILES string of the molecule is COC(=O)N/N=C\c1ccc(I)o1. The number of nitrogens with one attached hydrogen (secondary N) is 1. The van der Waals surface area contributed by atoms with Crippen LogP contribution in [0.3, 0.4) is 0 Å². The average Bonchev–Trinajstić information content (AvgIpc) is 2.51. The molecule has 0 spiro atoms. The molecule has 0 aliphatic heterocycles. The summed E-state index contributed by atoms with van der Waals surface area (Å²) in [5.74, 6) is 0.570. The van der Waals surface area contributed by atoms with Crippen molar-refractivity contribution in [2.24, 2.45) is 5.10 Å². The van der Waals surface area contributed by atoms with Crippen molar-refractivity contribution in [3.63, 3.8) is 0 Å². The predicted octanol–water partition coefficient (Wildman–Crippen LogP) is 1.57. The Balaban J connectivity index is 2.45. The third-order valence-electron chi connectivity index (χ3n) is 1.13. The quantitative estimate of drug-likeness (QED) is 0.511. The summed E-state index contributed by atoms with van der Waals surface area (Å²) in [5.41, 5.74) is 2.14. The second-order valence-electron chi connectivity index (χ2n) is 2.00. The van der Waals surface area contributed by atoms with E-state index in [9.17, 15) is 4.79 Å². The number of hydrazone groups is 1. The molecule has 1 heterocycles. The van der Waals surface area contributed by atoms with Gasteiger partial charge >= 0.3 is 6.09 Å². The molecule has 1 aromatic rings. The molecule has 13 heavy (non-hydrogen) atoms. The summed E-state index contributed by atoms with van der Waals surface area (Å²) in [7, 11) is 1.26. The molecule has 1 N–H and O–H groups in total. The number of ether oxygens (including phenoxy) is 1. The molecule has 1 amide bonds. The summed E-state index contributed by atoms with van der Waals surface area (Å²) in [6, 6.07) is 3.53. The van der Waals surface area contributed by atoms with Gasteiger partial charge in [-0.1, -0.05) is 0 Å². The summed E-state index contributed by atoms with van der Waals surface area (Å²) < 4.78 is 10.2. The van der Waals surface area contributed by atoms with Gasteiger partial charge in [0.1, 0.15) is 5.76 Å². The normalized spacial score (nSPS) is 10.3. The van der Waals surface area contributed by atoms with E-state index in [1.807, 2.05) is 22.6 Å². The lowest BCUT2D eigenvalue weighted by Crippen LogP contribution is -2.16. The Kier molecular flexibility index (Phi) is 3.74. The summed E-state index contributed by atoms with van der Waals surface area (Å²) in [6.07, 6.45) is 0.775. The van der Waals surface area contributed by atoms with E-state index in [2.05, 4.69) is 15.3 Å². The first-order chi connectivity index (χ1) is 6.22. The maximum atomic E-state index is 10.5. The third kappa shape index (κ3) is 3.45. The van der Waals surface area contributed by atoms with Crippen molar-refractivity contribution in [3.8, 4) is 0 Å². The van der Waals surface area contributed by atoms with Crippen molar-refractivity contribution in [2.45, 2.75) is 0 Å². The van der Waals surface area contributed by atoms with Crippen molar-refractivity contribution >= 4 is 34.9 Å². The van der Waals surface area contributed by atoms with Crippen LogP contribution >= 0.6 is 22.6 Å². The molecule has 70 valence electrons. The minimum Gasteiger partial charge on any atom is -0.452 e. The Bertz CT molecular complexity index is 321. The summed E-state index contributed by atoms with van der Waals surface area (Å²) in [4.78, 5) is 10.5. The molecule has 1 aromatic heterocycles. The monoisotopic (exact) mass is 294 g/mol. The molecule has 0 radical (unpaired) electrons. The van der Waals surface area contributed by atoms with Gasteiger partial charge in [0.25, 0.3) is 0 Å². The number of carbonyl (C=O) groups is 1. The average molecular weight is 294 g/mol. The lowest BCUT2D eigenvalue weighted by Gasteiger charge is -1.93. The molecule has 0 unspecified atom stereocenters. The highest BCUT2D eigenvalue weighted by atomic mass is 127. The largest absolute Gasteiger partial charge is 0.452 e. The first kappa shape index (κ1) is 10.0. The van der Waals surface area contributed by atoms with Gasteiger partial charge in [0, 0.05) is 0 Å². The molecule has 0 aliphatic rings. The summed E-state index contributed by atoms with van der Waals surface area (Å²) >= 11 is 2.03. The smallest absolute Gasteiger partial charge is 0.427 e. The fraction of sp³-hybridized carbons (Fsp3) is 0.143. The number of hydrogen-bond acceptors (Lipinski definition) is 4. The topological polar surface area (TPSA) is 63.8 Å². The minimum atomic E-state index is -0.613. The molecule has 0 aliphatic carbocycles. The number of furan rings is 1. The van der Waals surface area contributed by atoms with Crippen LogP contribution in [0.25, 0.3) is 0 Å². The first-order valence-corrected chi connectivity index (χ1v) is 4.42. The van der Waals surface area contributed by atoms with Crippen LogP contribution in [0.1, 0.15) is 5.76 Å². The Morgan fingerprint density at radius 1 is 1.77 bits per heavy atom. The number of amides is 1. The minimum absolute atomic E-state index is 0.570. The van der Waals surface area contributed by atoms with Gasteiger partial charge in [0.2, 0.25) is 0 Å². The second kappa shape index (κ2) is 4.85. The van der Waals surface area contributed by atoms with E-state index in [1.54, 1.807) is 12.1 Å². The molecule has 0 bridgehead atoms. The lowest BCUT2D eigenvalue weighted by molar-refractivity contribution is 0.171. The van der Waals surface area contributed by atoms with Crippen LogP contribution < -0.4 is 5.43 Å². The van der Waals surface area contributed by atoms with Gasteiger partial charge in [0.15, 0.2) is 3.77 Å². The van der Waals surface area contributed by atoms with Gasteiger partial charge < -0.3 is 9.15 Å². The van der Waals surface area contributed by atoms with E-state index in [1.165, 1.54) is 13.3 Å². The van der Waals surface area contributed by atoms with Gasteiger partial charge in [-0.3, -0.25) is 0 Å². The van der Waals surface area contributed by atoms with Crippen molar-refractivity contribution in [3.05, 3.63) is 21.7 Å². The molecule has 6 heteroatoms. The number of nitrogens with zero attached hydrogens (tertiary/aromatic N) is 1. The van der Waals surface area contributed by atoms with E-state index in [0.29, 0.717) is 5.76 Å². The van der Waals surface area contributed by atoms with E-state index < -0.39 is 6.09 Å². The van der Waals surface area contributed by atoms with Crippen LogP contribution in [-0.4, -0.2) is 19.4 Å². The van der Waals surface area contributed by atoms with Crippen LogP contribution in [-0.2, 0) is 4.74 Å². The first-order valence-electron chi connectivity index (χ1n) is 3.34. The predicted molar refractivity (Wildman–Crippen MR) is 54.6 cm³/mol. The Morgan fingerprint density at radius 3 is 3.08 bits per heavy atom. The van der Waals surface area contributed by atoms with Gasteiger partial charge in [-0.05, 0) is 34.7 Å². The van der Waals surface area contributed by atoms with Gasteiger partial charge in [0.05, 0.1) is 13.3 Å². The highest BCUT2D eigenvalue weighted by Gasteiger charge is 1.96. The highest BCUT2D eigenvalue weighted by Crippen LogP contribution is 2.07. The number of halogens is 1. The van der Waals surface area contributed by atoms with Crippen LogP contribution in [0.2, 0.25) is 0 Å². The van der Waals surface area contributed by atoms with E-state index >= 15 is 0 Å². The van der Waals surface area contributed by atoms with Crippen molar-refractivity contribution in [1.82, 2.24) is 5.43 Å². The lowest BCUT2D eigenvalue weighted by atomic mass is 10.5. The van der Waals surface area contributed by atoms with Crippen molar-refractivity contribution < 1.29 is 13.9 Å². The van der Waals surface area contributed by atoms with E-state index in [-0.39, 0.29) is 0 Å². The molecule has 0 saturated heterocycles. The Labute approximate surface area is 88.3 Å². The maximum absolute atomic E-state index is 10.5. The standard InChI is InChI=1S/C7H7IN2O3/c1-12-7(11)10-9-4-5-2-3-6(8)13-5/h2-4H,1H3,(H,10,11)/b9-4-. The summed E-state index contributed by atoms with van der Waals surface area (Å²) in [6.45, 7) is 0. The van der Waals surface area contributed by atoms with Crippen molar-refractivity contribution in [1.29, 1.82) is 0 Å². The van der Waals surface area contributed by atoms with E-state index in [0.717, 1.165) is 3.77 Å². The molecule has 0 aromatic carbocycles. The second-order valence-corrected chi connectivity index (χ2v) is 3.07. The van der Waals surface area contributed by atoms with Crippen molar-refractivity contribution in [2.75, 3.05) is 7.11 Å². The molecule has 0 saturated carbocycles. The number of methoxy groups -OCH3 is 1. The molecular formula is C7H7IN2O3.